The van der Waals surface area contributed by atoms with Crippen molar-refractivity contribution >= 4 is 17.5 Å². The van der Waals surface area contributed by atoms with Crippen molar-refractivity contribution in [3.63, 3.8) is 0 Å². The van der Waals surface area contributed by atoms with Gasteiger partial charge in [-0.25, -0.2) is 4.98 Å². The lowest BCUT2D eigenvalue weighted by molar-refractivity contribution is 0.122. The highest BCUT2D eigenvalue weighted by Crippen LogP contribution is 2.25. The number of morpholine rings is 1. The summed E-state index contributed by atoms with van der Waals surface area (Å²) in [4.78, 5) is 11.7. The number of anilines is 3. The van der Waals surface area contributed by atoms with Crippen molar-refractivity contribution in [3.05, 3.63) is 66.7 Å². The van der Waals surface area contributed by atoms with Gasteiger partial charge in [0.05, 0.1) is 18.9 Å². The highest BCUT2D eigenvalue weighted by Gasteiger charge is 2.15. The Balaban J connectivity index is 1.72. The molecule has 0 spiro atoms. The zero-order valence-electron chi connectivity index (χ0n) is 13.9. The molecule has 5 nitrogen and oxygen atoms in total. The smallest absolute Gasteiger partial charge is 0.229 e. The van der Waals surface area contributed by atoms with Gasteiger partial charge in [-0.3, -0.25) is 0 Å². The fraction of sp³-hybridized carbons (Fsp3) is 0.200. The van der Waals surface area contributed by atoms with Crippen molar-refractivity contribution in [1.82, 2.24) is 9.97 Å². The molecule has 0 atom stereocenters. The van der Waals surface area contributed by atoms with Gasteiger partial charge in [0.2, 0.25) is 5.95 Å². The third-order valence-corrected chi connectivity index (χ3v) is 4.15. The van der Waals surface area contributed by atoms with Crippen LogP contribution in [0.15, 0.2) is 66.7 Å². The molecule has 0 aliphatic carbocycles. The van der Waals surface area contributed by atoms with Gasteiger partial charge >= 0.3 is 0 Å². The Kier molecular flexibility index (Phi) is 4.57. The molecule has 1 saturated heterocycles. The van der Waals surface area contributed by atoms with Gasteiger partial charge in [-0.15, -0.1) is 0 Å². The van der Waals surface area contributed by atoms with Gasteiger partial charge < -0.3 is 15.0 Å². The maximum atomic E-state index is 5.46. The van der Waals surface area contributed by atoms with Crippen LogP contribution in [0.2, 0.25) is 0 Å². The van der Waals surface area contributed by atoms with Crippen LogP contribution >= 0.6 is 0 Å². The minimum absolute atomic E-state index is 0.606. The third-order valence-electron chi connectivity index (χ3n) is 4.15. The van der Waals surface area contributed by atoms with E-state index in [-0.39, 0.29) is 0 Å². The summed E-state index contributed by atoms with van der Waals surface area (Å²) in [5.74, 6) is 1.53. The molecule has 2 heterocycles. The van der Waals surface area contributed by atoms with E-state index in [1.165, 1.54) is 0 Å². The van der Waals surface area contributed by atoms with Crippen LogP contribution in [0.1, 0.15) is 0 Å². The summed E-state index contributed by atoms with van der Waals surface area (Å²) in [6.45, 7) is 3.14. The quantitative estimate of drug-likeness (QED) is 0.789. The first-order valence-electron chi connectivity index (χ1n) is 8.48. The molecule has 1 aliphatic heterocycles. The van der Waals surface area contributed by atoms with Crippen molar-refractivity contribution in [2.24, 2.45) is 0 Å². The van der Waals surface area contributed by atoms with Crippen molar-refractivity contribution in [2.45, 2.75) is 0 Å². The zero-order chi connectivity index (χ0) is 16.9. The molecular weight excluding hydrogens is 312 g/mol. The number of nitrogens with one attached hydrogen (secondary N) is 1. The van der Waals surface area contributed by atoms with Gasteiger partial charge in [-0.05, 0) is 12.1 Å². The van der Waals surface area contributed by atoms with Crippen molar-refractivity contribution in [1.29, 1.82) is 0 Å². The lowest BCUT2D eigenvalue weighted by Crippen LogP contribution is -2.36. The predicted molar refractivity (Wildman–Crippen MR) is 100 cm³/mol. The van der Waals surface area contributed by atoms with E-state index in [0.717, 1.165) is 49.1 Å². The number of ether oxygens (including phenoxy) is 1. The standard InChI is InChI=1S/C20H20N4O/c1-3-7-16(8-4-1)18-15-19(24-11-13-25-14-12-24)23-20(22-18)21-17-9-5-2-6-10-17/h1-10,15H,11-14H2,(H,21,22,23). The lowest BCUT2D eigenvalue weighted by Gasteiger charge is -2.28. The number of hydrogen-bond acceptors (Lipinski definition) is 5. The van der Waals surface area contributed by atoms with Gasteiger partial charge in [0, 0.05) is 30.4 Å². The van der Waals surface area contributed by atoms with Crippen LogP contribution in [0.3, 0.4) is 0 Å². The Morgan fingerprint density at radius 2 is 1.52 bits per heavy atom. The molecule has 0 amide bonds. The van der Waals surface area contributed by atoms with E-state index < -0.39 is 0 Å². The Hall–Kier alpha value is -2.92. The average Bonchev–Trinajstić information content (AvgIpc) is 2.70. The van der Waals surface area contributed by atoms with E-state index in [0.29, 0.717) is 5.95 Å². The molecule has 2 aromatic carbocycles. The number of aromatic nitrogens is 2. The normalized spacial score (nSPS) is 14.3. The molecule has 126 valence electrons. The van der Waals surface area contributed by atoms with Crippen LogP contribution in [0.4, 0.5) is 17.5 Å². The first-order valence-corrected chi connectivity index (χ1v) is 8.48. The van der Waals surface area contributed by atoms with E-state index in [4.69, 9.17) is 14.7 Å². The van der Waals surface area contributed by atoms with Crippen molar-refractivity contribution < 1.29 is 4.74 Å². The predicted octanol–water partition coefficient (Wildman–Crippen LogP) is 3.72. The number of nitrogens with zero attached hydrogens (tertiary/aromatic N) is 3. The lowest BCUT2D eigenvalue weighted by atomic mass is 10.1. The molecule has 1 fully saturated rings. The van der Waals surface area contributed by atoms with Crippen LogP contribution in [0, 0.1) is 0 Å². The largest absolute Gasteiger partial charge is 0.378 e. The molecule has 1 N–H and O–H groups in total. The number of para-hydroxylation sites is 1. The Morgan fingerprint density at radius 3 is 2.24 bits per heavy atom. The first kappa shape index (κ1) is 15.6. The summed E-state index contributed by atoms with van der Waals surface area (Å²) >= 11 is 0. The number of benzene rings is 2. The topological polar surface area (TPSA) is 50.3 Å². The van der Waals surface area contributed by atoms with Crippen LogP contribution in [0.25, 0.3) is 11.3 Å². The van der Waals surface area contributed by atoms with Crippen LogP contribution < -0.4 is 10.2 Å². The van der Waals surface area contributed by atoms with E-state index in [2.05, 4.69) is 28.4 Å². The molecule has 0 radical (unpaired) electrons. The van der Waals surface area contributed by atoms with Gasteiger partial charge in [0.15, 0.2) is 0 Å². The van der Waals surface area contributed by atoms with Gasteiger partial charge in [0.1, 0.15) is 5.82 Å². The van der Waals surface area contributed by atoms with E-state index in [9.17, 15) is 0 Å². The Morgan fingerprint density at radius 1 is 0.840 bits per heavy atom. The molecule has 0 bridgehead atoms. The van der Waals surface area contributed by atoms with Gasteiger partial charge in [-0.1, -0.05) is 48.5 Å². The maximum absolute atomic E-state index is 5.46. The molecule has 1 aromatic heterocycles. The van der Waals surface area contributed by atoms with Crippen LogP contribution in [-0.2, 0) is 4.74 Å². The minimum Gasteiger partial charge on any atom is -0.378 e. The summed E-state index contributed by atoms with van der Waals surface area (Å²) in [7, 11) is 0. The summed E-state index contributed by atoms with van der Waals surface area (Å²) in [5, 5.41) is 3.31. The van der Waals surface area contributed by atoms with Crippen molar-refractivity contribution in [3.8, 4) is 11.3 Å². The fourth-order valence-corrected chi connectivity index (χ4v) is 2.85. The highest BCUT2D eigenvalue weighted by atomic mass is 16.5. The van der Waals surface area contributed by atoms with E-state index >= 15 is 0 Å². The first-order chi connectivity index (χ1) is 12.4. The monoisotopic (exact) mass is 332 g/mol. The highest BCUT2D eigenvalue weighted by molar-refractivity contribution is 5.66. The number of hydrogen-bond donors (Lipinski definition) is 1. The van der Waals surface area contributed by atoms with E-state index in [1.54, 1.807) is 0 Å². The Bertz CT molecular complexity index is 818. The molecular formula is C20H20N4O. The molecule has 0 unspecified atom stereocenters. The van der Waals surface area contributed by atoms with Crippen LogP contribution in [0.5, 0.6) is 0 Å². The summed E-state index contributed by atoms with van der Waals surface area (Å²) < 4.78 is 5.46. The fourth-order valence-electron chi connectivity index (χ4n) is 2.85. The summed E-state index contributed by atoms with van der Waals surface area (Å²) in [5.41, 5.74) is 2.96. The third kappa shape index (κ3) is 3.78. The SMILES string of the molecule is c1ccc(Nc2nc(-c3ccccc3)cc(N3CCOCC3)n2)cc1. The second kappa shape index (κ2) is 7.32. The molecule has 25 heavy (non-hydrogen) atoms. The molecule has 3 aromatic rings. The number of rotatable bonds is 4. The van der Waals surface area contributed by atoms with E-state index in [1.807, 2.05) is 48.5 Å². The molecule has 0 saturated carbocycles. The van der Waals surface area contributed by atoms with Crippen molar-refractivity contribution in [2.75, 3.05) is 36.5 Å². The minimum atomic E-state index is 0.606. The molecule has 4 rings (SSSR count). The summed E-state index contributed by atoms with van der Waals surface area (Å²) in [6, 6.07) is 22.2. The second-order valence-electron chi connectivity index (χ2n) is 5.89. The maximum Gasteiger partial charge on any atom is 0.229 e. The van der Waals surface area contributed by atoms with Gasteiger partial charge in [0.25, 0.3) is 0 Å². The zero-order valence-corrected chi connectivity index (χ0v) is 13.9. The van der Waals surface area contributed by atoms with Gasteiger partial charge in [-0.2, -0.15) is 4.98 Å². The summed E-state index contributed by atoms with van der Waals surface area (Å²) in [6.07, 6.45) is 0. The average molecular weight is 332 g/mol. The Labute approximate surface area is 147 Å². The molecule has 1 aliphatic rings. The van der Waals surface area contributed by atoms with Crippen LogP contribution in [-0.4, -0.2) is 36.3 Å². The second-order valence-corrected chi connectivity index (χ2v) is 5.89. The molecule has 5 heteroatoms.